The second-order valence-electron chi connectivity index (χ2n) is 5.48. The first-order chi connectivity index (χ1) is 10.3. The van der Waals surface area contributed by atoms with Crippen LogP contribution in [0.4, 0.5) is 0 Å². The molecule has 0 spiro atoms. The molecule has 0 saturated heterocycles. The summed E-state index contributed by atoms with van der Waals surface area (Å²) in [5.74, 6) is 1.71. The molecule has 1 aliphatic heterocycles. The van der Waals surface area contributed by atoms with Crippen molar-refractivity contribution in [2.45, 2.75) is 39.2 Å². The molecule has 4 nitrogen and oxygen atoms in total. The van der Waals surface area contributed by atoms with Crippen molar-refractivity contribution < 1.29 is 0 Å². The van der Waals surface area contributed by atoms with Gasteiger partial charge in [0.05, 0.1) is 5.57 Å². The van der Waals surface area contributed by atoms with Gasteiger partial charge in [0.15, 0.2) is 5.82 Å². The van der Waals surface area contributed by atoms with Gasteiger partial charge in [0.25, 0.3) is 0 Å². The predicted octanol–water partition coefficient (Wildman–Crippen LogP) is 3.96. The topological polar surface area (TPSA) is 54.5 Å². The Bertz CT molecular complexity index is 707. The Hall–Kier alpha value is -1.93. The van der Waals surface area contributed by atoms with Crippen molar-refractivity contribution in [3.05, 3.63) is 47.0 Å². The van der Waals surface area contributed by atoms with E-state index in [4.69, 9.17) is 0 Å². The number of nitriles is 1. The van der Waals surface area contributed by atoms with Crippen LogP contribution in [0.25, 0.3) is 11.6 Å². The third kappa shape index (κ3) is 3.45. The Balaban J connectivity index is 0.00000176. The molecular formula is C17H19BrN4. The number of allylic oxidation sites excluding steroid dienone is 1. The van der Waals surface area contributed by atoms with Crippen LogP contribution in [0.5, 0.6) is 0 Å². The van der Waals surface area contributed by atoms with Crippen LogP contribution >= 0.6 is 17.0 Å². The summed E-state index contributed by atoms with van der Waals surface area (Å²) in [4.78, 5) is 0. The number of aryl methyl sites for hydroxylation is 2. The van der Waals surface area contributed by atoms with Gasteiger partial charge in [-0.3, -0.25) is 0 Å². The SMILES string of the molecule is Br.Cc1ccc(/C=C(/C#N)c2nnc3n2CCCCC3)cc1. The van der Waals surface area contributed by atoms with Crippen LogP contribution in [0.2, 0.25) is 0 Å². The van der Waals surface area contributed by atoms with Gasteiger partial charge in [0.1, 0.15) is 11.9 Å². The van der Waals surface area contributed by atoms with Crippen molar-refractivity contribution in [1.82, 2.24) is 14.8 Å². The molecule has 22 heavy (non-hydrogen) atoms. The lowest BCUT2D eigenvalue weighted by molar-refractivity contribution is 0.627. The van der Waals surface area contributed by atoms with Crippen LogP contribution in [0.1, 0.15) is 42.0 Å². The summed E-state index contributed by atoms with van der Waals surface area (Å²) in [5.41, 5.74) is 2.81. The molecule has 0 saturated carbocycles. The number of hydrogen-bond donors (Lipinski definition) is 0. The Kier molecular flexibility index (Phi) is 5.51. The van der Waals surface area contributed by atoms with Crippen molar-refractivity contribution in [1.29, 1.82) is 5.26 Å². The third-order valence-corrected chi connectivity index (χ3v) is 3.86. The largest absolute Gasteiger partial charge is 0.310 e. The summed E-state index contributed by atoms with van der Waals surface area (Å²) in [6, 6.07) is 10.4. The van der Waals surface area contributed by atoms with Crippen LogP contribution in [0.15, 0.2) is 24.3 Å². The first-order valence-electron chi connectivity index (χ1n) is 7.39. The Morgan fingerprint density at radius 1 is 1.18 bits per heavy atom. The summed E-state index contributed by atoms with van der Waals surface area (Å²) < 4.78 is 2.11. The van der Waals surface area contributed by atoms with Gasteiger partial charge in [-0.05, 0) is 31.4 Å². The second kappa shape index (κ2) is 7.37. The molecule has 0 bridgehead atoms. The summed E-state index contributed by atoms with van der Waals surface area (Å²) in [7, 11) is 0. The molecule has 0 aliphatic carbocycles. The summed E-state index contributed by atoms with van der Waals surface area (Å²) in [6.45, 7) is 2.96. The second-order valence-corrected chi connectivity index (χ2v) is 5.48. The summed E-state index contributed by atoms with van der Waals surface area (Å²) >= 11 is 0. The number of benzene rings is 1. The molecule has 1 aromatic carbocycles. The molecule has 0 N–H and O–H groups in total. The molecule has 3 rings (SSSR count). The molecule has 0 radical (unpaired) electrons. The van der Waals surface area contributed by atoms with E-state index in [1.165, 1.54) is 12.0 Å². The van der Waals surface area contributed by atoms with E-state index in [1.54, 1.807) is 0 Å². The van der Waals surface area contributed by atoms with Gasteiger partial charge in [-0.2, -0.15) is 5.26 Å². The van der Waals surface area contributed by atoms with E-state index in [2.05, 4.69) is 27.8 Å². The van der Waals surface area contributed by atoms with Gasteiger partial charge in [0, 0.05) is 13.0 Å². The predicted molar refractivity (Wildman–Crippen MR) is 92.6 cm³/mol. The standard InChI is InChI=1S/C17H18N4.BrH/c1-13-6-8-14(9-7-13)11-15(12-18)17-20-19-16-5-3-2-4-10-21(16)17;/h6-9,11H,2-5,10H2,1H3;1H/b15-11-;. The molecule has 2 aromatic rings. The number of fused-ring (bicyclic) bond motifs is 1. The minimum atomic E-state index is 0. The van der Waals surface area contributed by atoms with Gasteiger partial charge < -0.3 is 4.57 Å². The van der Waals surface area contributed by atoms with E-state index in [-0.39, 0.29) is 17.0 Å². The van der Waals surface area contributed by atoms with Gasteiger partial charge in [-0.15, -0.1) is 27.2 Å². The highest BCUT2D eigenvalue weighted by molar-refractivity contribution is 8.93. The molecule has 0 amide bonds. The third-order valence-electron chi connectivity index (χ3n) is 3.86. The first kappa shape index (κ1) is 16.4. The zero-order valence-electron chi connectivity index (χ0n) is 12.6. The molecule has 0 atom stereocenters. The Morgan fingerprint density at radius 3 is 2.68 bits per heavy atom. The van der Waals surface area contributed by atoms with Gasteiger partial charge in [0.2, 0.25) is 0 Å². The van der Waals surface area contributed by atoms with E-state index in [0.29, 0.717) is 11.4 Å². The minimum absolute atomic E-state index is 0. The fraction of sp³-hybridized carbons (Fsp3) is 0.353. The van der Waals surface area contributed by atoms with Crippen molar-refractivity contribution in [2.24, 2.45) is 0 Å². The summed E-state index contributed by atoms with van der Waals surface area (Å²) in [6.07, 6.45) is 6.34. The van der Waals surface area contributed by atoms with Gasteiger partial charge in [-0.25, -0.2) is 0 Å². The van der Waals surface area contributed by atoms with Crippen LogP contribution in [0.3, 0.4) is 0 Å². The van der Waals surface area contributed by atoms with Crippen molar-refractivity contribution in [3.8, 4) is 6.07 Å². The molecule has 114 valence electrons. The fourth-order valence-corrected chi connectivity index (χ4v) is 2.66. The van der Waals surface area contributed by atoms with Crippen molar-refractivity contribution >= 4 is 28.6 Å². The van der Waals surface area contributed by atoms with E-state index < -0.39 is 0 Å². The van der Waals surface area contributed by atoms with Crippen LogP contribution in [-0.2, 0) is 13.0 Å². The lowest BCUT2D eigenvalue weighted by atomic mass is 10.1. The average Bonchev–Trinajstić information content (AvgIpc) is 2.75. The zero-order chi connectivity index (χ0) is 14.7. The van der Waals surface area contributed by atoms with Crippen LogP contribution in [0, 0.1) is 18.3 Å². The van der Waals surface area contributed by atoms with Gasteiger partial charge in [-0.1, -0.05) is 36.2 Å². The van der Waals surface area contributed by atoms with E-state index in [0.717, 1.165) is 37.2 Å². The zero-order valence-corrected chi connectivity index (χ0v) is 14.3. The lowest BCUT2D eigenvalue weighted by Gasteiger charge is -2.05. The minimum Gasteiger partial charge on any atom is -0.310 e. The smallest absolute Gasteiger partial charge is 0.174 e. The summed E-state index contributed by atoms with van der Waals surface area (Å²) in [5, 5.41) is 18.0. The maximum absolute atomic E-state index is 9.49. The molecule has 1 aliphatic rings. The Morgan fingerprint density at radius 2 is 1.95 bits per heavy atom. The maximum atomic E-state index is 9.49. The van der Waals surface area contributed by atoms with E-state index in [9.17, 15) is 5.26 Å². The van der Waals surface area contributed by atoms with Crippen molar-refractivity contribution in [3.63, 3.8) is 0 Å². The Labute approximate surface area is 141 Å². The number of nitrogens with zero attached hydrogens (tertiary/aromatic N) is 4. The van der Waals surface area contributed by atoms with Gasteiger partial charge >= 0.3 is 0 Å². The monoisotopic (exact) mass is 358 g/mol. The average molecular weight is 359 g/mol. The van der Waals surface area contributed by atoms with E-state index in [1.807, 2.05) is 30.3 Å². The van der Waals surface area contributed by atoms with Crippen LogP contribution < -0.4 is 0 Å². The first-order valence-corrected chi connectivity index (χ1v) is 7.39. The molecule has 2 heterocycles. The highest BCUT2D eigenvalue weighted by atomic mass is 79.9. The van der Waals surface area contributed by atoms with Crippen LogP contribution in [-0.4, -0.2) is 14.8 Å². The normalized spacial score (nSPS) is 14.5. The number of hydrogen-bond acceptors (Lipinski definition) is 3. The highest BCUT2D eigenvalue weighted by Crippen LogP contribution is 2.21. The molecular weight excluding hydrogens is 340 g/mol. The number of rotatable bonds is 2. The van der Waals surface area contributed by atoms with E-state index >= 15 is 0 Å². The maximum Gasteiger partial charge on any atom is 0.174 e. The molecule has 1 aromatic heterocycles. The van der Waals surface area contributed by atoms with Crippen molar-refractivity contribution in [2.75, 3.05) is 0 Å². The fourth-order valence-electron chi connectivity index (χ4n) is 2.66. The molecule has 0 fully saturated rings. The molecule has 5 heteroatoms. The molecule has 0 unspecified atom stereocenters. The quantitative estimate of drug-likeness (QED) is 0.763. The number of halogens is 1. The lowest BCUT2D eigenvalue weighted by Crippen LogP contribution is -2.05. The number of aromatic nitrogens is 3. The highest BCUT2D eigenvalue weighted by Gasteiger charge is 2.17.